The van der Waals surface area contributed by atoms with E-state index in [9.17, 15) is 13.2 Å². The van der Waals surface area contributed by atoms with Crippen molar-refractivity contribution < 1.29 is 13.2 Å². The molecule has 1 rings (SSSR count). The van der Waals surface area contributed by atoms with E-state index in [0.717, 1.165) is 0 Å². The van der Waals surface area contributed by atoms with Crippen LogP contribution in [0.2, 0.25) is 0 Å². The number of halogens is 4. The Morgan fingerprint density at radius 3 is 2.42 bits per heavy atom. The van der Waals surface area contributed by atoms with Gasteiger partial charge in [-0.2, -0.15) is 13.2 Å². The first-order valence-corrected chi connectivity index (χ1v) is 3.55. The molecule has 0 atom stereocenters. The Hall–Kier alpha value is -0.420. The van der Waals surface area contributed by atoms with E-state index in [1.165, 1.54) is 24.5 Å². The fraction of sp³-hybridized carbons (Fsp3) is 0.167. The van der Waals surface area contributed by atoms with Crippen molar-refractivity contribution >= 4 is 24.2 Å². The average Bonchev–Trinajstić information content (AvgIpc) is 1.85. The van der Waals surface area contributed by atoms with Crippen molar-refractivity contribution in [2.75, 3.05) is 0 Å². The van der Waals surface area contributed by atoms with E-state index in [2.05, 4.69) is 4.98 Å². The van der Waals surface area contributed by atoms with E-state index < -0.39 is 5.51 Å². The Morgan fingerprint density at radius 1 is 1.33 bits per heavy atom. The van der Waals surface area contributed by atoms with E-state index >= 15 is 0 Å². The Labute approximate surface area is 77.8 Å². The number of rotatable bonds is 1. The van der Waals surface area contributed by atoms with Crippen molar-refractivity contribution in [3.8, 4) is 0 Å². The zero-order chi connectivity index (χ0) is 8.32. The van der Waals surface area contributed by atoms with Gasteiger partial charge in [0.2, 0.25) is 0 Å². The third kappa shape index (κ3) is 4.46. The van der Waals surface area contributed by atoms with Gasteiger partial charge in [-0.15, -0.1) is 12.4 Å². The van der Waals surface area contributed by atoms with Crippen molar-refractivity contribution in [1.82, 2.24) is 4.98 Å². The number of aromatic nitrogens is 1. The molecule has 0 fully saturated rings. The van der Waals surface area contributed by atoms with Crippen LogP contribution in [0.3, 0.4) is 0 Å². The molecule has 0 radical (unpaired) electrons. The predicted molar refractivity (Wildman–Crippen MR) is 43.4 cm³/mol. The summed E-state index contributed by atoms with van der Waals surface area (Å²) in [5.74, 6) is 0. The summed E-state index contributed by atoms with van der Waals surface area (Å²) in [5.41, 5.74) is -4.22. The third-order valence-electron chi connectivity index (χ3n) is 0.868. The lowest BCUT2D eigenvalue weighted by molar-refractivity contribution is -0.0328. The van der Waals surface area contributed by atoms with Crippen LogP contribution in [0.5, 0.6) is 0 Å². The summed E-state index contributed by atoms with van der Waals surface area (Å²) in [5, 5.41) is 0. The topological polar surface area (TPSA) is 12.9 Å². The van der Waals surface area contributed by atoms with Gasteiger partial charge >= 0.3 is 5.51 Å². The van der Waals surface area contributed by atoms with E-state index in [-0.39, 0.29) is 29.1 Å². The molecule has 0 aromatic carbocycles. The summed E-state index contributed by atoms with van der Waals surface area (Å²) in [6.07, 6.45) is 2.61. The number of pyridine rings is 1. The lowest BCUT2D eigenvalue weighted by Crippen LogP contribution is -1.98. The van der Waals surface area contributed by atoms with Gasteiger partial charge in [-0.25, -0.2) is 0 Å². The maximum absolute atomic E-state index is 11.7. The summed E-state index contributed by atoms with van der Waals surface area (Å²) in [4.78, 5) is 3.66. The number of nitrogens with zero attached hydrogens (tertiary/aromatic N) is 1. The summed E-state index contributed by atoms with van der Waals surface area (Å²) < 4.78 is 35.0. The van der Waals surface area contributed by atoms with Crippen LogP contribution in [0.15, 0.2) is 29.4 Å². The minimum atomic E-state index is -4.22. The molecule has 0 aliphatic carbocycles. The van der Waals surface area contributed by atoms with Crippen LogP contribution in [-0.4, -0.2) is 10.5 Å². The number of hydrogen-bond acceptors (Lipinski definition) is 2. The summed E-state index contributed by atoms with van der Waals surface area (Å²) in [6, 6.07) is 2.83. The van der Waals surface area contributed by atoms with Gasteiger partial charge in [0.1, 0.15) is 0 Å². The lowest BCUT2D eigenvalue weighted by Gasteiger charge is -2.03. The zero-order valence-corrected chi connectivity index (χ0v) is 7.34. The monoisotopic (exact) mass is 215 g/mol. The molecule has 0 N–H and O–H groups in total. The van der Waals surface area contributed by atoms with Gasteiger partial charge in [0.25, 0.3) is 0 Å². The average molecular weight is 216 g/mol. The standard InChI is InChI=1S/C6H4F3NS.ClH/c7-6(8,9)11-5-2-1-3-10-4-5;/h1-4H;1H. The molecular formula is C6H5ClF3NS. The predicted octanol–water partition coefficient (Wildman–Crippen LogP) is 3.12. The highest BCUT2D eigenvalue weighted by atomic mass is 35.5. The second-order valence-corrected chi connectivity index (χ2v) is 2.87. The van der Waals surface area contributed by atoms with Crippen LogP contribution in [0.1, 0.15) is 0 Å². The van der Waals surface area contributed by atoms with Crippen LogP contribution < -0.4 is 0 Å². The molecule has 0 unspecified atom stereocenters. The molecule has 1 aromatic heterocycles. The molecule has 68 valence electrons. The van der Waals surface area contributed by atoms with Crippen molar-refractivity contribution in [1.29, 1.82) is 0 Å². The van der Waals surface area contributed by atoms with Gasteiger partial charge in [-0.3, -0.25) is 4.98 Å². The number of hydrogen-bond donors (Lipinski definition) is 0. The molecule has 12 heavy (non-hydrogen) atoms. The third-order valence-corrected chi connectivity index (χ3v) is 1.58. The SMILES string of the molecule is Cl.FC(F)(F)Sc1cccnc1. The minimum Gasteiger partial charge on any atom is -0.264 e. The summed E-state index contributed by atoms with van der Waals surface area (Å²) >= 11 is -0.162. The van der Waals surface area contributed by atoms with Crippen LogP contribution in [0.4, 0.5) is 13.2 Å². The Kier molecular flexibility index (Phi) is 4.41. The molecule has 0 spiro atoms. The van der Waals surface area contributed by atoms with Gasteiger partial charge < -0.3 is 0 Å². The lowest BCUT2D eigenvalue weighted by atomic mass is 10.5. The van der Waals surface area contributed by atoms with Crippen molar-refractivity contribution in [2.24, 2.45) is 0 Å². The van der Waals surface area contributed by atoms with Crippen molar-refractivity contribution in [2.45, 2.75) is 10.4 Å². The molecule has 0 saturated heterocycles. The zero-order valence-electron chi connectivity index (χ0n) is 5.71. The maximum atomic E-state index is 11.7. The Bertz CT molecular complexity index is 226. The normalized spacial score (nSPS) is 10.6. The highest BCUT2D eigenvalue weighted by Gasteiger charge is 2.28. The minimum absolute atomic E-state index is 0. The maximum Gasteiger partial charge on any atom is 0.446 e. The van der Waals surface area contributed by atoms with Gasteiger partial charge in [-0.1, -0.05) is 0 Å². The molecule has 0 amide bonds. The first kappa shape index (κ1) is 11.6. The quantitative estimate of drug-likeness (QED) is 0.668. The fourth-order valence-electron chi connectivity index (χ4n) is 0.541. The highest BCUT2D eigenvalue weighted by Crippen LogP contribution is 2.35. The molecule has 0 aliphatic rings. The van der Waals surface area contributed by atoms with Crippen LogP contribution in [-0.2, 0) is 0 Å². The van der Waals surface area contributed by atoms with Crippen LogP contribution >= 0.6 is 24.2 Å². The number of thioether (sulfide) groups is 1. The molecule has 1 heterocycles. The molecule has 0 aliphatic heterocycles. The highest BCUT2D eigenvalue weighted by molar-refractivity contribution is 8.00. The first-order valence-electron chi connectivity index (χ1n) is 2.74. The molecule has 1 nitrogen and oxygen atoms in total. The summed E-state index contributed by atoms with van der Waals surface area (Å²) in [7, 11) is 0. The van der Waals surface area contributed by atoms with E-state index in [0.29, 0.717) is 0 Å². The molecule has 1 aromatic rings. The molecule has 0 saturated carbocycles. The first-order chi connectivity index (χ1) is 5.08. The van der Waals surface area contributed by atoms with Gasteiger partial charge in [-0.05, 0) is 23.9 Å². The molecule has 6 heteroatoms. The van der Waals surface area contributed by atoms with Crippen LogP contribution in [0, 0.1) is 0 Å². The Morgan fingerprint density at radius 2 is 2.00 bits per heavy atom. The van der Waals surface area contributed by atoms with Crippen molar-refractivity contribution in [3.63, 3.8) is 0 Å². The van der Waals surface area contributed by atoms with E-state index in [4.69, 9.17) is 0 Å². The Balaban J connectivity index is 0.00000121. The largest absolute Gasteiger partial charge is 0.446 e. The van der Waals surface area contributed by atoms with E-state index in [1.807, 2.05) is 0 Å². The van der Waals surface area contributed by atoms with Gasteiger partial charge in [0.15, 0.2) is 0 Å². The van der Waals surface area contributed by atoms with Gasteiger partial charge in [0, 0.05) is 17.3 Å². The summed E-state index contributed by atoms with van der Waals surface area (Å²) in [6.45, 7) is 0. The molecule has 0 bridgehead atoms. The smallest absolute Gasteiger partial charge is 0.264 e. The van der Waals surface area contributed by atoms with E-state index in [1.54, 1.807) is 0 Å². The number of alkyl halides is 3. The fourth-order valence-corrected chi connectivity index (χ4v) is 1.07. The van der Waals surface area contributed by atoms with Gasteiger partial charge in [0.05, 0.1) is 0 Å². The molecular weight excluding hydrogens is 211 g/mol. The second-order valence-electron chi connectivity index (χ2n) is 1.74. The second kappa shape index (κ2) is 4.57. The van der Waals surface area contributed by atoms with Crippen molar-refractivity contribution in [3.05, 3.63) is 24.5 Å². The van der Waals surface area contributed by atoms with Crippen LogP contribution in [0.25, 0.3) is 0 Å².